The second-order valence-corrected chi connectivity index (χ2v) is 12.5. The van der Waals surface area contributed by atoms with Crippen molar-refractivity contribution in [3.63, 3.8) is 0 Å². The fraction of sp³-hybridized carbons (Fsp3) is 0.450. The molecular weight excluding hydrogens is 640 g/mol. The number of nitriles is 1. The maximum Gasteiger partial charge on any atom is 0.513 e. The van der Waals surface area contributed by atoms with E-state index in [4.69, 9.17) is 19.5 Å². The van der Waals surface area contributed by atoms with Gasteiger partial charge in [0, 0.05) is 44.7 Å². The molecule has 0 unspecified atom stereocenters. The van der Waals surface area contributed by atoms with Gasteiger partial charge in [-0.1, -0.05) is 77.1 Å². The van der Waals surface area contributed by atoms with Crippen molar-refractivity contribution in [2.24, 2.45) is 4.99 Å². The first kappa shape index (κ1) is 38.9. The van der Waals surface area contributed by atoms with E-state index < -0.39 is 6.16 Å². The largest absolute Gasteiger partial charge is 0.513 e. The number of aromatic nitrogens is 2. The Kier molecular flexibility index (Phi) is 14.8. The van der Waals surface area contributed by atoms with Crippen LogP contribution in [0.3, 0.4) is 0 Å². The molecular formula is C40H54N8O3. The molecule has 0 saturated carbocycles. The van der Waals surface area contributed by atoms with Crippen LogP contribution >= 0.6 is 0 Å². The molecule has 51 heavy (non-hydrogen) atoms. The zero-order valence-electron chi connectivity index (χ0n) is 31.4. The normalized spacial score (nSPS) is 11.6. The Morgan fingerprint density at radius 1 is 0.922 bits per heavy atom. The molecule has 0 spiro atoms. The molecule has 0 fully saturated rings. The van der Waals surface area contributed by atoms with Gasteiger partial charge in [-0.15, -0.1) is 0 Å². The summed E-state index contributed by atoms with van der Waals surface area (Å²) in [5.74, 6) is 2.02. The number of hydrogen-bond acceptors (Lipinski definition) is 8. The third kappa shape index (κ3) is 10.3. The smallest absolute Gasteiger partial charge is 0.437 e. The van der Waals surface area contributed by atoms with Crippen LogP contribution in [0.25, 0.3) is 22.2 Å². The van der Waals surface area contributed by atoms with Gasteiger partial charge in [0.2, 0.25) is 5.96 Å². The first-order valence-electron chi connectivity index (χ1n) is 18.2. The van der Waals surface area contributed by atoms with E-state index in [0.29, 0.717) is 18.3 Å². The highest BCUT2D eigenvalue weighted by Gasteiger charge is 2.18. The number of nitrogens with one attached hydrogen (secondary N) is 1. The van der Waals surface area contributed by atoms with E-state index in [1.807, 2.05) is 30.3 Å². The number of carbonyl (C=O) groups is 1. The number of carbonyl (C=O) groups excluding carboxylic acids is 1. The van der Waals surface area contributed by atoms with E-state index in [-0.39, 0.29) is 0 Å². The fourth-order valence-electron chi connectivity index (χ4n) is 6.25. The predicted molar refractivity (Wildman–Crippen MR) is 205 cm³/mol. The number of imidazole rings is 1. The zero-order valence-corrected chi connectivity index (χ0v) is 31.4. The maximum atomic E-state index is 11.8. The van der Waals surface area contributed by atoms with Crippen LogP contribution in [0, 0.1) is 18.4 Å². The van der Waals surface area contributed by atoms with Crippen molar-refractivity contribution >= 4 is 28.8 Å². The molecule has 0 saturated heterocycles. The highest BCUT2D eigenvalue weighted by molar-refractivity contribution is 5.88. The van der Waals surface area contributed by atoms with Gasteiger partial charge >= 0.3 is 6.16 Å². The molecule has 0 aliphatic rings. The van der Waals surface area contributed by atoms with Crippen LogP contribution in [-0.2, 0) is 17.7 Å². The predicted octanol–water partition coefficient (Wildman–Crippen LogP) is 7.20. The van der Waals surface area contributed by atoms with Gasteiger partial charge in [0.15, 0.2) is 6.19 Å². The average Bonchev–Trinajstić information content (AvgIpc) is 3.48. The summed E-state index contributed by atoms with van der Waals surface area (Å²) in [4.78, 5) is 29.0. The van der Waals surface area contributed by atoms with Gasteiger partial charge in [-0.25, -0.2) is 14.8 Å². The Bertz CT molecular complexity index is 1770. The quantitative estimate of drug-likeness (QED) is 0.0306. The molecule has 11 nitrogen and oxygen atoms in total. The Balaban J connectivity index is 1.71. The van der Waals surface area contributed by atoms with Gasteiger partial charge in [0.05, 0.1) is 23.8 Å². The number of benzene rings is 3. The van der Waals surface area contributed by atoms with E-state index in [2.05, 4.69) is 96.6 Å². The maximum absolute atomic E-state index is 11.8. The molecule has 0 atom stereocenters. The summed E-state index contributed by atoms with van der Waals surface area (Å²) < 4.78 is 12.4. The molecule has 0 amide bonds. The Hall–Kier alpha value is -4.92. The van der Waals surface area contributed by atoms with Crippen molar-refractivity contribution in [1.82, 2.24) is 29.6 Å². The standard InChI is InChI=1S/C40H54N8O3/c1-8-15-37-44-38-30(6)26-33(43-39(42-29-41)47(24-22-45(9-2)10-3)25-23-46(11-4)12-5)27-35(38)48(37)28-31-18-20-32(21-19-31)34-16-13-14-17-36(34)51-40(49)50-7/h13-14,16-21,26-27H,8-12,15,22-25,28H2,1-7H3,(H,42,43). The molecule has 11 heteroatoms. The first-order chi connectivity index (χ1) is 24.8. The summed E-state index contributed by atoms with van der Waals surface area (Å²) in [6, 6.07) is 19.8. The van der Waals surface area contributed by atoms with Gasteiger partial charge in [-0.05, 0) is 74.4 Å². The zero-order chi connectivity index (χ0) is 36.8. The van der Waals surface area contributed by atoms with Crippen LogP contribution in [0.2, 0.25) is 0 Å². The molecule has 3 aromatic carbocycles. The van der Waals surface area contributed by atoms with Crippen molar-refractivity contribution in [3.8, 4) is 23.1 Å². The van der Waals surface area contributed by atoms with Gasteiger partial charge in [-0.3, -0.25) is 5.32 Å². The minimum atomic E-state index is -0.754. The third-order valence-corrected chi connectivity index (χ3v) is 9.30. The van der Waals surface area contributed by atoms with Crippen LogP contribution in [0.4, 0.5) is 10.5 Å². The summed E-state index contributed by atoms with van der Waals surface area (Å²) in [5, 5.41) is 12.7. The highest BCUT2D eigenvalue weighted by Crippen LogP contribution is 2.32. The Morgan fingerprint density at radius 3 is 2.16 bits per heavy atom. The van der Waals surface area contributed by atoms with E-state index in [1.165, 1.54) is 7.11 Å². The summed E-state index contributed by atoms with van der Waals surface area (Å²) >= 11 is 0. The number of para-hydroxylation sites is 1. The Labute approximate surface area is 303 Å². The number of ether oxygens (including phenoxy) is 2. The van der Waals surface area contributed by atoms with Crippen molar-refractivity contribution in [3.05, 3.63) is 77.6 Å². The summed E-state index contributed by atoms with van der Waals surface area (Å²) in [5.41, 5.74) is 6.62. The number of hydrogen-bond donors (Lipinski definition) is 1. The monoisotopic (exact) mass is 694 g/mol. The lowest BCUT2D eigenvalue weighted by molar-refractivity contribution is 0.121. The lowest BCUT2D eigenvalue weighted by Gasteiger charge is -2.30. The van der Waals surface area contributed by atoms with Gasteiger partial charge in [0.25, 0.3) is 0 Å². The van der Waals surface area contributed by atoms with E-state index >= 15 is 0 Å². The number of methoxy groups -OCH3 is 1. The van der Waals surface area contributed by atoms with Gasteiger partial charge < -0.3 is 28.7 Å². The summed E-state index contributed by atoms with van der Waals surface area (Å²) in [6.07, 6.45) is 3.20. The lowest BCUT2D eigenvalue weighted by Crippen LogP contribution is -2.46. The summed E-state index contributed by atoms with van der Waals surface area (Å²) in [7, 11) is 1.29. The van der Waals surface area contributed by atoms with Crippen LogP contribution in [0.5, 0.6) is 5.75 Å². The molecule has 0 bridgehead atoms. The molecule has 272 valence electrons. The molecule has 4 rings (SSSR count). The lowest BCUT2D eigenvalue weighted by atomic mass is 10.0. The molecule has 0 aliphatic heterocycles. The average molecular weight is 695 g/mol. The minimum absolute atomic E-state index is 0.441. The number of fused-ring (bicyclic) bond motifs is 1. The molecule has 0 aliphatic carbocycles. The highest BCUT2D eigenvalue weighted by atomic mass is 16.7. The first-order valence-corrected chi connectivity index (χ1v) is 18.2. The number of nitrogens with zero attached hydrogens (tertiary/aromatic N) is 7. The van der Waals surface area contributed by atoms with Crippen molar-refractivity contribution in [2.45, 2.75) is 60.9 Å². The number of aryl methyl sites for hydroxylation is 2. The number of aliphatic imine (C=N–C) groups is 1. The van der Waals surface area contributed by atoms with Crippen LogP contribution < -0.4 is 10.1 Å². The van der Waals surface area contributed by atoms with Crippen LogP contribution in [0.15, 0.2) is 65.7 Å². The minimum Gasteiger partial charge on any atom is -0.437 e. The number of guanidine groups is 1. The van der Waals surface area contributed by atoms with Crippen molar-refractivity contribution in [2.75, 3.05) is 59.5 Å². The number of rotatable bonds is 17. The SMILES string of the molecule is CCCc1nc2c(C)cc(N=C(NC#N)N(CCN(CC)CC)CCN(CC)CC)cc2n1Cc1ccc(-c2ccccc2OC(=O)OC)cc1. The molecule has 1 N–H and O–H groups in total. The van der Waals surface area contributed by atoms with Crippen molar-refractivity contribution in [1.29, 1.82) is 5.26 Å². The third-order valence-electron chi connectivity index (χ3n) is 9.30. The molecule has 4 aromatic rings. The molecule has 1 aromatic heterocycles. The van der Waals surface area contributed by atoms with Gasteiger partial charge in [0.1, 0.15) is 11.6 Å². The molecule has 0 radical (unpaired) electrons. The second-order valence-electron chi connectivity index (χ2n) is 12.5. The molecule has 1 heterocycles. The number of likely N-dealkylation sites (N-methyl/N-ethyl adjacent to an activating group) is 2. The van der Waals surface area contributed by atoms with Crippen LogP contribution in [0.1, 0.15) is 58.0 Å². The fourth-order valence-corrected chi connectivity index (χ4v) is 6.25. The van der Waals surface area contributed by atoms with Gasteiger partial charge in [-0.2, -0.15) is 5.26 Å². The summed E-state index contributed by atoms with van der Waals surface area (Å²) in [6.45, 7) is 20.7. The topological polar surface area (TPSA) is 111 Å². The van der Waals surface area contributed by atoms with E-state index in [0.717, 1.165) is 110 Å². The van der Waals surface area contributed by atoms with Crippen molar-refractivity contribution < 1.29 is 14.3 Å². The van der Waals surface area contributed by atoms with Crippen LogP contribution in [-0.4, -0.2) is 95.8 Å². The second kappa shape index (κ2) is 19.5. The van der Waals surface area contributed by atoms with E-state index in [1.54, 1.807) is 6.07 Å². The van der Waals surface area contributed by atoms with E-state index in [9.17, 15) is 10.1 Å². The Morgan fingerprint density at radius 2 is 1.57 bits per heavy atom.